The summed E-state index contributed by atoms with van der Waals surface area (Å²) >= 11 is 11.8. The van der Waals surface area contributed by atoms with Crippen molar-refractivity contribution >= 4 is 34.7 Å². The summed E-state index contributed by atoms with van der Waals surface area (Å²) in [5.41, 5.74) is 0.529. The van der Waals surface area contributed by atoms with Crippen LogP contribution in [0.15, 0.2) is 24.3 Å². The summed E-state index contributed by atoms with van der Waals surface area (Å²) in [6, 6.07) is 5.57. The first kappa shape index (κ1) is 14.0. The quantitative estimate of drug-likeness (QED) is 0.872. The first-order chi connectivity index (χ1) is 9.08. The number of halogens is 3. The van der Waals surface area contributed by atoms with Crippen LogP contribution in [0.25, 0.3) is 0 Å². The van der Waals surface area contributed by atoms with E-state index >= 15 is 0 Å². The van der Waals surface area contributed by atoms with E-state index in [0.29, 0.717) is 17.3 Å². The van der Waals surface area contributed by atoms with Crippen molar-refractivity contribution in [3.05, 3.63) is 46.1 Å². The normalized spacial score (nSPS) is 10.5. The largest absolute Gasteiger partial charge is 0.377 e. The van der Waals surface area contributed by atoms with Gasteiger partial charge >= 0.3 is 0 Å². The molecule has 0 bridgehead atoms. The predicted molar refractivity (Wildman–Crippen MR) is 72.4 cm³/mol. The Morgan fingerprint density at radius 2 is 2.05 bits per heavy atom. The van der Waals surface area contributed by atoms with Crippen molar-refractivity contribution < 1.29 is 9.13 Å². The zero-order chi connectivity index (χ0) is 13.8. The van der Waals surface area contributed by atoms with Gasteiger partial charge in [-0.25, -0.2) is 14.4 Å². The molecular formula is C12H10Cl2FN3O. The van der Waals surface area contributed by atoms with E-state index in [1.807, 2.05) is 0 Å². The molecule has 0 fully saturated rings. The molecule has 0 saturated heterocycles. The van der Waals surface area contributed by atoms with Crippen molar-refractivity contribution in [3.63, 3.8) is 0 Å². The lowest BCUT2D eigenvalue weighted by Crippen LogP contribution is -2.02. The number of anilines is 2. The molecule has 0 amide bonds. The Hall–Kier alpha value is -1.43. The highest BCUT2D eigenvalue weighted by Crippen LogP contribution is 2.26. The van der Waals surface area contributed by atoms with Crippen LogP contribution in [0.4, 0.5) is 15.9 Å². The Balaban J connectivity index is 2.27. The van der Waals surface area contributed by atoms with Crippen LogP contribution in [0.3, 0.4) is 0 Å². The van der Waals surface area contributed by atoms with Crippen LogP contribution in [0.5, 0.6) is 0 Å². The molecule has 19 heavy (non-hydrogen) atoms. The fraction of sp³-hybridized carbons (Fsp3) is 0.167. The molecule has 2 aromatic rings. The van der Waals surface area contributed by atoms with Crippen LogP contribution in [0.1, 0.15) is 5.82 Å². The number of nitrogens with one attached hydrogen (secondary N) is 1. The van der Waals surface area contributed by atoms with Gasteiger partial charge in [0.2, 0.25) is 0 Å². The van der Waals surface area contributed by atoms with E-state index < -0.39 is 5.82 Å². The Morgan fingerprint density at radius 3 is 2.74 bits per heavy atom. The third-order valence-corrected chi connectivity index (χ3v) is 2.71. The highest BCUT2D eigenvalue weighted by Gasteiger charge is 2.06. The zero-order valence-electron chi connectivity index (χ0n) is 9.95. The third-order valence-electron chi connectivity index (χ3n) is 2.21. The zero-order valence-corrected chi connectivity index (χ0v) is 11.5. The van der Waals surface area contributed by atoms with Gasteiger partial charge < -0.3 is 10.1 Å². The van der Waals surface area contributed by atoms with Crippen molar-refractivity contribution in [2.75, 3.05) is 12.4 Å². The first-order valence-electron chi connectivity index (χ1n) is 5.33. The average molecular weight is 302 g/mol. The predicted octanol–water partition coefficient (Wildman–Crippen LogP) is 3.81. The van der Waals surface area contributed by atoms with E-state index in [1.54, 1.807) is 6.07 Å². The minimum absolute atomic E-state index is 0.242. The van der Waals surface area contributed by atoms with Crippen molar-refractivity contribution in [3.8, 4) is 0 Å². The number of nitrogens with zero attached hydrogens (tertiary/aromatic N) is 2. The summed E-state index contributed by atoms with van der Waals surface area (Å²) in [5.74, 6) is 0.493. The maximum atomic E-state index is 12.9. The summed E-state index contributed by atoms with van der Waals surface area (Å²) in [6.07, 6.45) is 0. The second-order valence-electron chi connectivity index (χ2n) is 3.67. The fourth-order valence-corrected chi connectivity index (χ4v) is 1.87. The van der Waals surface area contributed by atoms with Gasteiger partial charge in [-0.1, -0.05) is 23.2 Å². The lowest BCUT2D eigenvalue weighted by molar-refractivity contribution is 0.178. The average Bonchev–Trinajstić information content (AvgIpc) is 2.32. The van der Waals surface area contributed by atoms with Gasteiger partial charge in [-0.2, -0.15) is 0 Å². The summed E-state index contributed by atoms with van der Waals surface area (Å²) < 4.78 is 17.9. The minimum Gasteiger partial charge on any atom is -0.377 e. The highest BCUT2D eigenvalue weighted by atomic mass is 35.5. The molecule has 4 nitrogen and oxygen atoms in total. The molecule has 1 aromatic carbocycles. The Kier molecular flexibility index (Phi) is 4.52. The van der Waals surface area contributed by atoms with Crippen LogP contribution in [0.2, 0.25) is 10.2 Å². The van der Waals surface area contributed by atoms with E-state index in [2.05, 4.69) is 15.3 Å². The molecule has 0 unspecified atom stereocenters. The number of rotatable bonds is 4. The smallest absolute Gasteiger partial charge is 0.158 e. The SMILES string of the molecule is COCc1nc(Cl)cc(Nc2ccc(F)cc2Cl)n1. The second-order valence-corrected chi connectivity index (χ2v) is 4.47. The summed E-state index contributed by atoms with van der Waals surface area (Å²) in [5, 5.41) is 3.48. The van der Waals surface area contributed by atoms with Crippen molar-refractivity contribution in [2.45, 2.75) is 6.61 Å². The molecule has 0 radical (unpaired) electrons. The summed E-state index contributed by atoms with van der Waals surface area (Å²) in [6.45, 7) is 0.242. The highest BCUT2D eigenvalue weighted by molar-refractivity contribution is 6.33. The molecule has 100 valence electrons. The fourth-order valence-electron chi connectivity index (χ4n) is 1.45. The summed E-state index contributed by atoms with van der Waals surface area (Å²) in [7, 11) is 1.54. The number of hydrogen-bond donors (Lipinski definition) is 1. The van der Waals surface area contributed by atoms with Gasteiger partial charge in [-0.05, 0) is 18.2 Å². The van der Waals surface area contributed by atoms with E-state index in [1.165, 1.54) is 25.3 Å². The van der Waals surface area contributed by atoms with Crippen LogP contribution in [-0.4, -0.2) is 17.1 Å². The van der Waals surface area contributed by atoms with E-state index in [9.17, 15) is 4.39 Å². The Bertz CT molecular complexity index is 595. The molecule has 1 aromatic heterocycles. The van der Waals surface area contributed by atoms with Gasteiger partial charge in [0.1, 0.15) is 23.4 Å². The maximum Gasteiger partial charge on any atom is 0.158 e. The number of methoxy groups -OCH3 is 1. The van der Waals surface area contributed by atoms with Gasteiger partial charge in [-0.3, -0.25) is 0 Å². The van der Waals surface area contributed by atoms with Gasteiger partial charge in [0.05, 0.1) is 10.7 Å². The number of benzene rings is 1. The molecule has 0 atom stereocenters. The van der Waals surface area contributed by atoms with E-state index in [0.717, 1.165) is 0 Å². The van der Waals surface area contributed by atoms with Crippen molar-refractivity contribution in [1.82, 2.24) is 9.97 Å². The molecule has 7 heteroatoms. The molecule has 0 saturated carbocycles. The van der Waals surface area contributed by atoms with Gasteiger partial charge in [-0.15, -0.1) is 0 Å². The van der Waals surface area contributed by atoms with E-state index in [4.69, 9.17) is 27.9 Å². The first-order valence-corrected chi connectivity index (χ1v) is 6.08. The van der Waals surface area contributed by atoms with Crippen molar-refractivity contribution in [1.29, 1.82) is 0 Å². The second kappa shape index (κ2) is 6.14. The number of ether oxygens (including phenoxy) is 1. The standard InChI is InChI=1S/C12H10Cl2FN3O/c1-19-6-12-17-10(14)5-11(18-12)16-9-3-2-7(15)4-8(9)13/h2-5H,6H2,1H3,(H,16,17,18). The third kappa shape index (κ3) is 3.76. The number of aromatic nitrogens is 2. The van der Waals surface area contributed by atoms with Gasteiger partial charge in [0.25, 0.3) is 0 Å². The van der Waals surface area contributed by atoms with Crippen LogP contribution < -0.4 is 5.32 Å². The lowest BCUT2D eigenvalue weighted by atomic mass is 10.3. The summed E-state index contributed by atoms with van der Waals surface area (Å²) in [4.78, 5) is 8.20. The molecule has 0 aliphatic rings. The molecule has 0 aliphatic heterocycles. The Morgan fingerprint density at radius 1 is 1.26 bits per heavy atom. The Labute approximate surface area is 119 Å². The van der Waals surface area contributed by atoms with Gasteiger partial charge in [0, 0.05) is 13.2 Å². The molecule has 0 aliphatic carbocycles. The van der Waals surface area contributed by atoms with Crippen LogP contribution in [-0.2, 0) is 11.3 Å². The van der Waals surface area contributed by atoms with Crippen LogP contribution in [0, 0.1) is 5.82 Å². The lowest BCUT2D eigenvalue weighted by Gasteiger charge is -2.09. The molecule has 1 heterocycles. The minimum atomic E-state index is -0.406. The monoisotopic (exact) mass is 301 g/mol. The van der Waals surface area contributed by atoms with Crippen LogP contribution >= 0.6 is 23.2 Å². The topological polar surface area (TPSA) is 47.0 Å². The maximum absolute atomic E-state index is 12.9. The molecule has 0 spiro atoms. The molecular weight excluding hydrogens is 292 g/mol. The molecule has 1 N–H and O–H groups in total. The van der Waals surface area contributed by atoms with Gasteiger partial charge in [0.15, 0.2) is 5.82 Å². The van der Waals surface area contributed by atoms with E-state index in [-0.39, 0.29) is 16.8 Å². The number of hydrogen-bond acceptors (Lipinski definition) is 4. The molecule has 2 rings (SSSR count). The van der Waals surface area contributed by atoms with Crippen molar-refractivity contribution in [2.24, 2.45) is 0 Å².